The summed E-state index contributed by atoms with van der Waals surface area (Å²) < 4.78 is 6.24. The SMILES string of the molecule is Cc1ccc2c(n1)oc1c(N3C=CN(c4ccccc4)[C@@H](C)C3)c(C)ccc12. The second-order valence-corrected chi connectivity index (χ2v) is 7.56. The number of fused-ring (bicyclic) bond motifs is 3. The molecule has 0 aliphatic carbocycles. The van der Waals surface area contributed by atoms with Gasteiger partial charge in [0.1, 0.15) is 0 Å². The van der Waals surface area contributed by atoms with Crippen molar-refractivity contribution in [1.82, 2.24) is 4.98 Å². The molecule has 0 N–H and O–H groups in total. The average Bonchev–Trinajstić information content (AvgIpc) is 3.05. The lowest BCUT2D eigenvalue weighted by molar-refractivity contribution is 0.642. The summed E-state index contributed by atoms with van der Waals surface area (Å²) in [6, 6.07) is 19.3. The predicted molar refractivity (Wildman–Crippen MR) is 116 cm³/mol. The highest BCUT2D eigenvalue weighted by molar-refractivity contribution is 6.08. The molecule has 0 saturated carbocycles. The fraction of sp³-hybridized carbons (Fsp3) is 0.208. The molecule has 0 fully saturated rings. The van der Waals surface area contributed by atoms with Crippen LogP contribution in [0, 0.1) is 13.8 Å². The third-order valence-electron chi connectivity index (χ3n) is 5.51. The molecule has 4 nitrogen and oxygen atoms in total. The van der Waals surface area contributed by atoms with Gasteiger partial charge in [0.25, 0.3) is 0 Å². The minimum atomic E-state index is 0.340. The molecular formula is C24H23N3O. The molecule has 0 unspecified atom stereocenters. The number of benzene rings is 2. The van der Waals surface area contributed by atoms with E-state index in [9.17, 15) is 0 Å². The standard InChI is InChI=1S/C24H23N3O/c1-16-9-11-20-21-12-10-17(2)25-24(21)28-23(20)22(16)26-13-14-27(18(3)15-26)19-7-5-4-6-8-19/h4-14,18H,15H2,1-3H3/t18-/m0/s1. The Labute approximate surface area is 164 Å². The maximum atomic E-state index is 6.24. The van der Waals surface area contributed by atoms with Crippen molar-refractivity contribution in [1.29, 1.82) is 0 Å². The fourth-order valence-electron chi connectivity index (χ4n) is 4.09. The quantitative estimate of drug-likeness (QED) is 0.448. The van der Waals surface area contributed by atoms with Crippen molar-refractivity contribution in [2.45, 2.75) is 26.8 Å². The van der Waals surface area contributed by atoms with Crippen molar-refractivity contribution < 1.29 is 4.42 Å². The number of rotatable bonds is 2. The molecule has 2 aromatic heterocycles. The first-order chi connectivity index (χ1) is 13.6. The number of hydrogen-bond donors (Lipinski definition) is 0. The number of pyridine rings is 1. The van der Waals surface area contributed by atoms with Gasteiger partial charge in [0, 0.05) is 47.1 Å². The van der Waals surface area contributed by atoms with Crippen LogP contribution < -0.4 is 9.80 Å². The Bertz CT molecular complexity index is 1190. The molecule has 1 atom stereocenters. The van der Waals surface area contributed by atoms with E-state index in [1.165, 1.54) is 11.3 Å². The largest absolute Gasteiger partial charge is 0.435 e. The predicted octanol–water partition coefficient (Wildman–Crippen LogP) is 5.78. The molecule has 5 rings (SSSR count). The minimum Gasteiger partial charge on any atom is -0.435 e. The molecular weight excluding hydrogens is 346 g/mol. The van der Waals surface area contributed by atoms with Crippen molar-refractivity contribution in [2.75, 3.05) is 16.3 Å². The Morgan fingerprint density at radius 2 is 1.71 bits per heavy atom. The number of aryl methyl sites for hydroxylation is 2. The van der Waals surface area contributed by atoms with Gasteiger partial charge in [-0.2, -0.15) is 0 Å². The lowest BCUT2D eigenvalue weighted by Gasteiger charge is -2.37. The molecule has 140 valence electrons. The molecule has 4 aromatic rings. The van der Waals surface area contributed by atoms with Gasteiger partial charge in [-0.15, -0.1) is 0 Å². The molecule has 0 bridgehead atoms. The molecule has 0 radical (unpaired) electrons. The molecule has 3 heterocycles. The van der Waals surface area contributed by atoms with Crippen LogP contribution in [0.25, 0.3) is 22.1 Å². The van der Waals surface area contributed by atoms with Crippen LogP contribution in [-0.4, -0.2) is 17.6 Å². The Morgan fingerprint density at radius 3 is 2.50 bits per heavy atom. The van der Waals surface area contributed by atoms with E-state index in [4.69, 9.17) is 4.42 Å². The van der Waals surface area contributed by atoms with E-state index in [2.05, 4.69) is 89.6 Å². The summed E-state index contributed by atoms with van der Waals surface area (Å²) in [6.45, 7) is 7.27. The molecule has 4 heteroatoms. The van der Waals surface area contributed by atoms with Gasteiger partial charge in [0.15, 0.2) is 5.58 Å². The molecule has 28 heavy (non-hydrogen) atoms. The van der Waals surface area contributed by atoms with Gasteiger partial charge in [-0.05, 0) is 50.6 Å². The number of nitrogens with zero attached hydrogens (tertiary/aromatic N) is 3. The van der Waals surface area contributed by atoms with Crippen LogP contribution >= 0.6 is 0 Å². The third-order valence-corrected chi connectivity index (χ3v) is 5.51. The maximum Gasteiger partial charge on any atom is 0.227 e. The van der Waals surface area contributed by atoms with Crippen LogP contribution in [0.2, 0.25) is 0 Å². The fourth-order valence-corrected chi connectivity index (χ4v) is 4.09. The maximum absolute atomic E-state index is 6.24. The lowest BCUT2D eigenvalue weighted by atomic mass is 10.1. The summed E-state index contributed by atoms with van der Waals surface area (Å²) in [5.41, 5.74) is 6.14. The number of furan rings is 1. The monoisotopic (exact) mass is 369 g/mol. The van der Waals surface area contributed by atoms with Gasteiger partial charge in [0.05, 0.1) is 5.69 Å². The first-order valence-electron chi connectivity index (χ1n) is 9.69. The van der Waals surface area contributed by atoms with Gasteiger partial charge in [-0.1, -0.05) is 30.3 Å². The summed E-state index contributed by atoms with van der Waals surface area (Å²) in [5, 5.41) is 2.19. The second-order valence-electron chi connectivity index (χ2n) is 7.56. The van der Waals surface area contributed by atoms with Crippen molar-refractivity contribution in [2.24, 2.45) is 0 Å². The number of para-hydroxylation sites is 1. The second kappa shape index (κ2) is 6.41. The van der Waals surface area contributed by atoms with Gasteiger partial charge in [-0.3, -0.25) is 0 Å². The number of aromatic nitrogens is 1. The van der Waals surface area contributed by atoms with Crippen molar-refractivity contribution in [3.63, 3.8) is 0 Å². The van der Waals surface area contributed by atoms with Crippen LogP contribution in [0.4, 0.5) is 11.4 Å². The van der Waals surface area contributed by atoms with Crippen LogP contribution in [-0.2, 0) is 0 Å². The van der Waals surface area contributed by atoms with Crippen LogP contribution in [0.1, 0.15) is 18.2 Å². The van der Waals surface area contributed by atoms with E-state index >= 15 is 0 Å². The van der Waals surface area contributed by atoms with Crippen LogP contribution in [0.15, 0.2) is 71.4 Å². The van der Waals surface area contributed by atoms with E-state index in [0.29, 0.717) is 11.8 Å². The summed E-state index contributed by atoms with van der Waals surface area (Å²) in [6.07, 6.45) is 4.31. The first kappa shape index (κ1) is 16.9. The molecule has 0 saturated heterocycles. The zero-order valence-corrected chi connectivity index (χ0v) is 16.4. The van der Waals surface area contributed by atoms with Crippen molar-refractivity contribution >= 4 is 33.4 Å². The number of anilines is 2. The highest BCUT2D eigenvalue weighted by Crippen LogP contribution is 2.38. The summed E-state index contributed by atoms with van der Waals surface area (Å²) in [4.78, 5) is 9.20. The van der Waals surface area contributed by atoms with Gasteiger partial charge < -0.3 is 14.2 Å². The van der Waals surface area contributed by atoms with Crippen LogP contribution in [0.3, 0.4) is 0 Å². The van der Waals surface area contributed by atoms with E-state index in [0.717, 1.165) is 34.3 Å². The Morgan fingerprint density at radius 1 is 0.929 bits per heavy atom. The first-order valence-corrected chi connectivity index (χ1v) is 9.69. The van der Waals surface area contributed by atoms with Crippen molar-refractivity contribution in [3.8, 4) is 0 Å². The molecule has 1 aliphatic heterocycles. The number of hydrogen-bond acceptors (Lipinski definition) is 4. The van der Waals surface area contributed by atoms with E-state index in [1.807, 2.05) is 13.0 Å². The van der Waals surface area contributed by atoms with E-state index in [-0.39, 0.29) is 0 Å². The summed E-state index contributed by atoms with van der Waals surface area (Å²) in [5.74, 6) is 0. The zero-order chi connectivity index (χ0) is 19.3. The average molecular weight is 369 g/mol. The lowest BCUT2D eigenvalue weighted by Crippen LogP contribution is -2.42. The normalized spacial score (nSPS) is 17.0. The molecule has 1 aliphatic rings. The topological polar surface area (TPSA) is 32.5 Å². The smallest absolute Gasteiger partial charge is 0.227 e. The van der Waals surface area contributed by atoms with Gasteiger partial charge in [0.2, 0.25) is 5.71 Å². The highest BCUT2D eigenvalue weighted by Gasteiger charge is 2.24. The third kappa shape index (κ3) is 2.64. The van der Waals surface area contributed by atoms with E-state index < -0.39 is 0 Å². The molecule has 0 amide bonds. The summed E-state index contributed by atoms with van der Waals surface area (Å²) >= 11 is 0. The highest BCUT2D eigenvalue weighted by atomic mass is 16.3. The van der Waals surface area contributed by atoms with Gasteiger partial charge >= 0.3 is 0 Å². The van der Waals surface area contributed by atoms with E-state index in [1.54, 1.807) is 0 Å². The Balaban J connectivity index is 1.61. The molecule has 2 aromatic carbocycles. The minimum absolute atomic E-state index is 0.340. The summed E-state index contributed by atoms with van der Waals surface area (Å²) in [7, 11) is 0. The van der Waals surface area contributed by atoms with Crippen molar-refractivity contribution in [3.05, 3.63) is 78.3 Å². The zero-order valence-electron chi connectivity index (χ0n) is 16.4. The Hall–Kier alpha value is -3.27. The molecule has 0 spiro atoms. The Kier molecular flexibility index (Phi) is 3.86. The van der Waals surface area contributed by atoms with Gasteiger partial charge in [-0.25, -0.2) is 4.98 Å². The van der Waals surface area contributed by atoms with Crippen LogP contribution in [0.5, 0.6) is 0 Å².